The minimum atomic E-state index is 0.266. The Kier molecular flexibility index (Phi) is 3.93. The molecule has 1 N–H and O–H groups in total. The van der Waals surface area contributed by atoms with Crippen molar-refractivity contribution in [1.29, 1.82) is 0 Å². The second-order valence-corrected chi connectivity index (χ2v) is 5.26. The predicted octanol–water partition coefficient (Wildman–Crippen LogP) is 0.783. The molecule has 1 atom stereocenters. The normalized spacial score (nSPS) is 24.9. The van der Waals surface area contributed by atoms with E-state index >= 15 is 0 Å². The lowest BCUT2D eigenvalue weighted by Crippen LogP contribution is -2.42. The van der Waals surface area contributed by atoms with Gasteiger partial charge in [0.25, 0.3) is 0 Å². The quantitative estimate of drug-likeness (QED) is 0.729. The molecule has 1 heterocycles. The van der Waals surface area contributed by atoms with Gasteiger partial charge in [-0.25, -0.2) is 0 Å². The van der Waals surface area contributed by atoms with Gasteiger partial charge in [0, 0.05) is 31.2 Å². The van der Waals surface area contributed by atoms with Crippen molar-refractivity contribution in [2.75, 3.05) is 33.3 Å². The zero-order valence-electron chi connectivity index (χ0n) is 9.95. The zero-order chi connectivity index (χ0) is 10.8. The van der Waals surface area contributed by atoms with Gasteiger partial charge in [-0.2, -0.15) is 0 Å². The van der Waals surface area contributed by atoms with E-state index in [1.54, 1.807) is 0 Å². The molecule has 0 saturated carbocycles. The van der Waals surface area contributed by atoms with Crippen molar-refractivity contribution in [2.24, 2.45) is 0 Å². The number of hydrogen-bond acceptors (Lipinski definition) is 3. The molecule has 3 nitrogen and oxygen atoms in total. The summed E-state index contributed by atoms with van der Waals surface area (Å²) in [6.45, 7) is 10.2. The zero-order valence-corrected chi connectivity index (χ0v) is 9.95. The van der Waals surface area contributed by atoms with Gasteiger partial charge in [0.05, 0.1) is 6.61 Å². The van der Waals surface area contributed by atoms with Gasteiger partial charge in [0.15, 0.2) is 0 Å². The van der Waals surface area contributed by atoms with Crippen LogP contribution in [0.5, 0.6) is 0 Å². The van der Waals surface area contributed by atoms with Crippen LogP contribution in [0.1, 0.15) is 27.2 Å². The summed E-state index contributed by atoms with van der Waals surface area (Å²) in [5.74, 6) is 0. The van der Waals surface area contributed by atoms with Crippen LogP contribution in [0.15, 0.2) is 0 Å². The van der Waals surface area contributed by atoms with Gasteiger partial charge in [0.2, 0.25) is 0 Å². The standard InChI is InChI=1S/C11H24N2O/c1-11(2,3)13-6-5-10(9-13)12(4)7-8-14/h10,14H,5-9H2,1-4H3. The molecule has 3 heteroatoms. The van der Waals surface area contributed by atoms with E-state index < -0.39 is 0 Å². The Balaban J connectivity index is 2.41. The molecule has 0 amide bonds. The molecule has 0 spiro atoms. The topological polar surface area (TPSA) is 26.7 Å². The maximum atomic E-state index is 8.87. The second-order valence-electron chi connectivity index (χ2n) is 5.26. The summed E-state index contributed by atoms with van der Waals surface area (Å²) in [6, 6.07) is 0.626. The number of rotatable bonds is 3. The summed E-state index contributed by atoms with van der Waals surface area (Å²) in [7, 11) is 2.10. The molecule has 0 aliphatic carbocycles. The second kappa shape index (κ2) is 4.60. The van der Waals surface area contributed by atoms with E-state index in [0.29, 0.717) is 6.04 Å². The summed E-state index contributed by atoms with van der Waals surface area (Å²) in [6.07, 6.45) is 1.23. The number of nitrogens with zero attached hydrogens (tertiary/aromatic N) is 2. The van der Waals surface area contributed by atoms with Crippen LogP contribution in [0.25, 0.3) is 0 Å². The first-order valence-corrected chi connectivity index (χ1v) is 5.51. The maximum Gasteiger partial charge on any atom is 0.0558 e. The van der Waals surface area contributed by atoms with Crippen molar-refractivity contribution in [1.82, 2.24) is 9.80 Å². The van der Waals surface area contributed by atoms with E-state index in [0.717, 1.165) is 13.1 Å². The minimum Gasteiger partial charge on any atom is -0.395 e. The van der Waals surface area contributed by atoms with E-state index in [-0.39, 0.29) is 12.1 Å². The predicted molar refractivity (Wildman–Crippen MR) is 59.4 cm³/mol. The van der Waals surface area contributed by atoms with E-state index in [1.165, 1.54) is 13.0 Å². The molecule has 1 aliphatic rings. The molecule has 1 saturated heterocycles. The molecule has 0 aromatic carbocycles. The Morgan fingerprint density at radius 2 is 2.07 bits per heavy atom. The highest BCUT2D eigenvalue weighted by Crippen LogP contribution is 2.22. The molecule has 1 unspecified atom stereocenters. The summed E-state index contributed by atoms with van der Waals surface area (Å²) in [4.78, 5) is 4.79. The minimum absolute atomic E-state index is 0.266. The van der Waals surface area contributed by atoms with Crippen LogP contribution in [-0.4, -0.2) is 59.8 Å². The average Bonchev–Trinajstić information content (AvgIpc) is 2.51. The number of hydrogen-bond donors (Lipinski definition) is 1. The lowest BCUT2D eigenvalue weighted by atomic mass is 10.1. The molecule has 0 radical (unpaired) electrons. The molecule has 1 aliphatic heterocycles. The summed E-state index contributed by atoms with van der Waals surface area (Å²) < 4.78 is 0. The Bertz CT molecular complexity index is 177. The highest BCUT2D eigenvalue weighted by molar-refractivity contribution is 4.88. The Labute approximate surface area is 87.7 Å². The first-order valence-electron chi connectivity index (χ1n) is 5.51. The van der Waals surface area contributed by atoms with Gasteiger partial charge in [0.1, 0.15) is 0 Å². The molecular formula is C11H24N2O. The Morgan fingerprint density at radius 1 is 1.43 bits per heavy atom. The fraction of sp³-hybridized carbons (Fsp3) is 1.00. The van der Waals surface area contributed by atoms with Gasteiger partial charge in [-0.3, -0.25) is 9.80 Å². The average molecular weight is 200 g/mol. The summed E-state index contributed by atoms with van der Waals surface area (Å²) >= 11 is 0. The van der Waals surface area contributed by atoms with Crippen molar-refractivity contribution >= 4 is 0 Å². The molecule has 1 fully saturated rings. The highest BCUT2D eigenvalue weighted by Gasteiger charge is 2.31. The molecule has 14 heavy (non-hydrogen) atoms. The van der Waals surface area contributed by atoms with E-state index in [9.17, 15) is 0 Å². The molecular weight excluding hydrogens is 176 g/mol. The van der Waals surface area contributed by atoms with Crippen LogP contribution in [0.3, 0.4) is 0 Å². The monoisotopic (exact) mass is 200 g/mol. The van der Waals surface area contributed by atoms with Gasteiger partial charge in [-0.05, 0) is 34.2 Å². The third-order valence-electron chi connectivity index (χ3n) is 3.19. The number of aliphatic hydroxyl groups is 1. The third-order valence-corrected chi connectivity index (χ3v) is 3.19. The van der Waals surface area contributed by atoms with Crippen LogP contribution in [-0.2, 0) is 0 Å². The van der Waals surface area contributed by atoms with Crippen LogP contribution in [0.4, 0.5) is 0 Å². The molecule has 0 bridgehead atoms. The fourth-order valence-electron chi connectivity index (χ4n) is 2.05. The van der Waals surface area contributed by atoms with Crippen LogP contribution in [0, 0.1) is 0 Å². The van der Waals surface area contributed by atoms with Crippen molar-refractivity contribution in [3.05, 3.63) is 0 Å². The largest absolute Gasteiger partial charge is 0.395 e. The van der Waals surface area contributed by atoms with Crippen molar-refractivity contribution in [3.8, 4) is 0 Å². The SMILES string of the molecule is CN(CCO)C1CCN(C(C)(C)C)C1. The van der Waals surface area contributed by atoms with E-state index in [1.807, 2.05) is 0 Å². The number of likely N-dealkylation sites (N-methyl/N-ethyl adjacent to an activating group) is 1. The highest BCUT2D eigenvalue weighted by atomic mass is 16.3. The molecule has 84 valence electrons. The van der Waals surface area contributed by atoms with E-state index in [2.05, 4.69) is 37.6 Å². The molecule has 1 rings (SSSR count). The van der Waals surface area contributed by atoms with Crippen molar-refractivity contribution in [2.45, 2.75) is 38.8 Å². The first-order chi connectivity index (χ1) is 6.45. The number of aliphatic hydroxyl groups excluding tert-OH is 1. The summed E-state index contributed by atoms with van der Waals surface area (Å²) in [5, 5.41) is 8.87. The maximum absolute atomic E-state index is 8.87. The summed E-state index contributed by atoms with van der Waals surface area (Å²) in [5.41, 5.74) is 0.287. The van der Waals surface area contributed by atoms with Crippen LogP contribution >= 0.6 is 0 Å². The number of likely N-dealkylation sites (tertiary alicyclic amines) is 1. The Morgan fingerprint density at radius 3 is 2.50 bits per heavy atom. The lowest BCUT2D eigenvalue weighted by Gasteiger charge is -2.32. The van der Waals surface area contributed by atoms with E-state index in [4.69, 9.17) is 5.11 Å². The van der Waals surface area contributed by atoms with Crippen LogP contribution in [0.2, 0.25) is 0 Å². The molecule has 0 aromatic rings. The van der Waals surface area contributed by atoms with Crippen LogP contribution < -0.4 is 0 Å². The van der Waals surface area contributed by atoms with Gasteiger partial charge < -0.3 is 5.11 Å². The van der Waals surface area contributed by atoms with Gasteiger partial charge in [-0.15, -0.1) is 0 Å². The smallest absolute Gasteiger partial charge is 0.0558 e. The lowest BCUT2D eigenvalue weighted by molar-refractivity contribution is 0.142. The van der Waals surface area contributed by atoms with Crippen molar-refractivity contribution in [3.63, 3.8) is 0 Å². The van der Waals surface area contributed by atoms with Crippen molar-refractivity contribution < 1.29 is 5.11 Å². The molecule has 0 aromatic heterocycles. The van der Waals surface area contributed by atoms with Gasteiger partial charge in [-0.1, -0.05) is 0 Å². The van der Waals surface area contributed by atoms with Gasteiger partial charge >= 0.3 is 0 Å². The fourth-order valence-corrected chi connectivity index (χ4v) is 2.05. The first kappa shape index (κ1) is 12.0. The Hall–Kier alpha value is -0.120. The third kappa shape index (κ3) is 2.94.